The van der Waals surface area contributed by atoms with Crippen molar-refractivity contribution in [3.05, 3.63) is 35.4 Å². The van der Waals surface area contributed by atoms with E-state index in [1.54, 1.807) is 20.8 Å². The Morgan fingerprint density at radius 3 is 2.48 bits per heavy atom. The van der Waals surface area contributed by atoms with E-state index in [0.717, 1.165) is 12.1 Å². The SMILES string of the molecule is COC(=O)C1CCN(C(=O)OC(C)(C)C)CC1c1ccc(F)cc1F. The predicted octanol–water partition coefficient (Wildman–Crippen LogP) is 3.48. The van der Waals surface area contributed by atoms with E-state index in [0.29, 0.717) is 13.0 Å². The molecule has 1 amide bonds. The number of nitrogens with zero attached hydrogens (tertiary/aromatic N) is 1. The Morgan fingerprint density at radius 2 is 1.92 bits per heavy atom. The first-order valence-electron chi connectivity index (χ1n) is 8.13. The predicted molar refractivity (Wildman–Crippen MR) is 87.0 cm³/mol. The van der Waals surface area contributed by atoms with Crippen LogP contribution in [0, 0.1) is 17.6 Å². The smallest absolute Gasteiger partial charge is 0.410 e. The summed E-state index contributed by atoms with van der Waals surface area (Å²) < 4.78 is 37.6. The molecule has 1 aliphatic rings. The lowest BCUT2D eigenvalue weighted by Gasteiger charge is -2.38. The molecule has 7 heteroatoms. The highest BCUT2D eigenvalue weighted by Crippen LogP contribution is 2.35. The first-order chi connectivity index (χ1) is 11.6. The van der Waals surface area contributed by atoms with Crippen LogP contribution in [0.4, 0.5) is 13.6 Å². The number of piperidine rings is 1. The van der Waals surface area contributed by atoms with Crippen LogP contribution < -0.4 is 0 Å². The fraction of sp³-hybridized carbons (Fsp3) is 0.556. The molecule has 1 aliphatic heterocycles. The molecule has 2 atom stereocenters. The van der Waals surface area contributed by atoms with Crippen molar-refractivity contribution in [2.75, 3.05) is 20.2 Å². The van der Waals surface area contributed by atoms with E-state index in [1.165, 1.54) is 18.1 Å². The molecule has 1 aromatic rings. The number of ether oxygens (including phenoxy) is 2. The summed E-state index contributed by atoms with van der Waals surface area (Å²) in [4.78, 5) is 25.8. The minimum Gasteiger partial charge on any atom is -0.469 e. The van der Waals surface area contributed by atoms with Crippen molar-refractivity contribution >= 4 is 12.1 Å². The Morgan fingerprint density at radius 1 is 1.24 bits per heavy atom. The van der Waals surface area contributed by atoms with Crippen molar-refractivity contribution in [3.8, 4) is 0 Å². The van der Waals surface area contributed by atoms with Crippen molar-refractivity contribution in [3.63, 3.8) is 0 Å². The Kier molecular flexibility index (Phi) is 5.65. The van der Waals surface area contributed by atoms with Crippen molar-refractivity contribution < 1.29 is 27.8 Å². The lowest BCUT2D eigenvalue weighted by atomic mass is 9.80. The van der Waals surface area contributed by atoms with Crippen LogP contribution in [0.2, 0.25) is 0 Å². The first kappa shape index (κ1) is 19.1. The van der Waals surface area contributed by atoms with E-state index in [4.69, 9.17) is 9.47 Å². The van der Waals surface area contributed by atoms with Gasteiger partial charge < -0.3 is 14.4 Å². The number of amides is 1. The standard InChI is InChI=1S/C18H23F2NO4/c1-18(2,3)25-17(23)21-8-7-13(16(22)24-4)14(10-21)12-6-5-11(19)9-15(12)20/h5-6,9,13-14H,7-8,10H2,1-4H3. The van der Waals surface area contributed by atoms with Gasteiger partial charge >= 0.3 is 12.1 Å². The molecule has 5 nitrogen and oxygen atoms in total. The number of rotatable bonds is 2. The largest absolute Gasteiger partial charge is 0.469 e. The number of likely N-dealkylation sites (tertiary alicyclic amines) is 1. The topological polar surface area (TPSA) is 55.8 Å². The minimum absolute atomic E-state index is 0.0945. The summed E-state index contributed by atoms with van der Waals surface area (Å²) in [5.41, 5.74) is -0.475. The summed E-state index contributed by atoms with van der Waals surface area (Å²) in [5.74, 6) is -3.16. The molecule has 0 radical (unpaired) electrons. The second-order valence-corrected chi connectivity index (χ2v) is 7.12. The summed E-state index contributed by atoms with van der Waals surface area (Å²) >= 11 is 0. The molecule has 0 spiro atoms. The lowest BCUT2D eigenvalue weighted by Crippen LogP contribution is -2.47. The van der Waals surface area contributed by atoms with E-state index in [2.05, 4.69) is 0 Å². The minimum atomic E-state index is -0.745. The zero-order chi connectivity index (χ0) is 18.8. The number of benzene rings is 1. The Labute approximate surface area is 145 Å². The number of halogens is 2. The monoisotopic (exact) mass is 355 g/mol. The van der Waals surface area contributed by atoms with E-state index < -0.39 is 41.1 Å². The quantitative estimate of drug-likeness (QED) is 0.762. The summed E-state index contributed by atoms with van der Waals surface area (Å²) in [5, 5.41) is 0. The normalized spacial score (nSPS) is 21.0. The van der Waals surface area contributed by atoms with E-state index in [-0.39, 0.29) is 12.1 Å². The summed E-state index contributed by atoms with van der Waals surface area (Å²) in [6.07, 6.45) is -0.212. The van der Waals surface area contributed by atoms with Gasteiger partial charge in [-0.15, -0.1) is 0 Å². The molecule has 138 valence electrons. The third-order valence-electron chi connectivity index (χ3n) is 4.13. The summed E-state index contributed by atoms with van der Waals surface area (Å²) in [6, 6.07) is 3.22. The lowest BCUT2D eigenvalue weighted by molar-refractivity contribution is -0.148. The van der Waals surface area contributed by atoms with Gasteiger partial charge in [-0.3, -0.25) is 4.79 Å². The maximum atomic E-state index is 14.2. The summed E-state index contributed by atoms with van der Waals surface area (Å²) in [6.45, 7) is 5.65. The molecular formula is C18H23F2NO4. The van der Waals surface area contributed by atoms with Crippen LogP contribution in [0.25, 0.3) is 0 Å². The fourth-order valence-corrected chi connectivity index (χ4v) is 3.00. The Hall–Kier alpha value is -2.18. The van der Waals surface area contributed by atoms with Gasteiger partial charge in [0, 0.05) is 25.1 Å². The van der Waals surface area contributed by atoms with Crippen LogP contribution >= 0.6 is 0 Å². The van der Waals surface area contributed by atoms with Gasteiger partial charge in [0.05, 0.1) is 13.0 Å². The van der Waals surface area contributed by atoms with Gasteiger partial charge in [0.2, 0.25) is 0 Å². The van der Waals surface area contributed by atoms with Gasteiger partial charge in [0.15, 0.2) is 0 Å². The number of hydrogen-bond donors (Lipinski definition) is 0. The average molecular weight is 355 g/mol. The zero-order valence-electron chi connectivity index (χ0n) is 14.8. The average Bonchev–Trinajstić information content (AvgIpc) is 2.52. The molecule has 0 bridgehead atoms. The molecule has 0 aliphatic carbocycles. The van der Waals surface area contributed by atoms with E-state index in [1.807, 2.05) is 0 Å². The maximum Gasteiger partial charge on any atom is 0.410 e. The van der Waals surface area contributed by atoms with Crippen LogP contribution in [0.3, 0.4) is 0 Å². The number of carbonyl (C=O) groups excluding carboxylic acids is 2. The first-order valence-corrected chi connectivity index (χ1v) is 8.13. The van der Waals surface area contributed by atoms with Crippen LogP contribution in [0.15, 0.2) is 18.2 Å². The molecular weight excluding hydrogens is 332 g/mol. The van der Waals surface area contributed by atoms with Crippen molar-refractivity contribution in [1.29, 1.82) is 0 Å². The molecule has 1 heterocycles. The second-order valence-electron chi connectivity index (χ2n) is 7.12. The molecule has 2 unspecified atom stereocenters. The van der Waals surface area contributed by atoms with Gasteiger partial charge in [0.25, 0.3) is 0 Å². The molecule has 0 N–H and O–H groups in total. The van der Waals surface area contributed by atoms with Crippen LogP contribution in [0.5, 0.6) is 0 Å². The van der Waals surface area contributed by atoms with Gasteiger partial charge in [-0.05, 0) is 38.8 Å². The van der Waals surface area contributed by atoms with Gasteiger partial charge in [-0.1, -0.05) is 6.07 Å². The van der Waals surface area contributed by atoms with Gasteiger partial charge in [-0.25, -0.2) is 13.6 Å². The molecule has 25 heavy (non-hydrogen) atoms. The highest BCUT2D eigenvalue weighted by molar-refractivity contribution is 5.75. The van der Waals surface area contributed by atoms with Crippen LogP contribution in [-0.4, -0.2) is 42.8 Å². The highest BCUT2D eigenvalue weighted by atomic mass is 19.1. The fourth-order valence-electron chi connectivity index (χ4n) is 3.00. The molecule has 1 saturated heterocycles. The van der Waals surface area contributed by atoms with E-state index in [9.17, 15) is 18.4 Å². The molecule has 0 aromatic heterocycles. The maximum absolute atomic E-state index is 14.2. The van der Waals surface area contributed by atoms with Crippen molar-refractivity contribution in [1.82, 2.24) is 4.90 Å². The molecule has 0 saturated carbocycles. The molecule has 2 rings (SSSR count). The van der Waals surface area contributed by atoms with E-state index >= 15 is 0 Å². The summed E-state index contributed by atoms with van der Waals surface area (Å²) in [7, 11) is 1.26. The van der Waals surface area contributed by atoms with Crippen LogP contribution in [0.1, 0.15) is 38.7 Å². The third-order valence-corrected chi connectivity index (χ3v) is 4.13. The Bertz CT molecular complexity index is 657. The zero-order valence-corrected chi connectivity index (χ0v) is 14.8. The number of hydrogen-bond acceptors (Lipinski definition) is 4. The van der Waals surface area contributed by atoms with Gasteiger partial charge in [-0.2, -0.15) is 0 Å². The third kappa shape index (κ3) is 4.67. The molecule has 1 fully saturated rings. The van der Waals surface area contributed by atoms with Crippen molar-refractivity contribution in [2.45, 2.75) is 38.7 Å². The number of esters is 1. The highest BCUT2D eigenvalue weighted by Gasteiger charge is 2.39. The van der Waals surface area contributed by atoms with Gasteiger partial charge in [0.1, 0.15) is 17.2 Å². The Balaban J connectivity index is 2.29. The number of methoxy groups -OCH3 is 1. The second kappa shape index (κ2) is 7.37. The van der Waals surface area contributed by atoms with Crippen molar-refractivity contribution in [2.24, 2.45) is 5.92 Å². The van der Waals surface area contributed by atoms with Crippen LogP contribution in [-0.2, 0) is 14.3 Å². The molecule has 1 aromatic carbocycles. The number of carbonyl (C=O) groups is 2.